The third kappa shape index (κ3) is 2.82. The van der Waals surface area contributed by atoms with Crippen molar-refractivity contribution >= 4 is 0 Å². The molecule has 0 atom stereocenters. The van der Waals surface area contributed by atoms with E-state index in [4.69, 9.17) is 5.11 Å². The van der Waals surface area contributed by atoms with Gasteiger partial charge in [-0.05, 0) is 74.8 Å². The zero-order chi connectivity index (χ0) is 11.4. The minimum Gasteiger partial charge on any atom is -0.396 e. The lowest BCUT2D eigenvalue weighted by atomic mass is 9.91. The molecule has 84 valence electrons. The average molecular weight is 206 g/mol. The van der Waals surface area contributed by atoms with Crippen molar-refractivity contribution in [3.05, 3.63) is 33.9 Å². The van der Waals surface area contributed by atoms with Crippen LogP contribution in [0, 0.1) is 27.7 Å². The van der Waals surface area contributed by atoms with E-state index in [0.717, 1.165) is 19.3 Å². The zero-order valence-electron chi connectivity index (χ0n) is 10.4. The Morgan fingerprint density at radius 1 is 0.933 bits per heavy atom. The van der Waals surface area contributed by atoms with Crippen LogP contribution >= 0.6 is 0 Å². The molecule has 0 saturated heterocycles. The van der Waals surface area contributed by atoms with Gasteiger partial charge in [0.25, 0.3) is 0 Å². The van der Waals surface area contributed by atoms with Crippen LogP contribution in [0.4, 0.5) is 0 Å². The van der Waals surface area contributed by atoms with Crippen LogP contribution in [0.3, 0.4) is 0 Å². The summed E-state index contributed by atoms with van der Waals surface area (Å²) >= 11 is 0. The van der Waals surface area contributed by atoms with E-state index in [9.17, 15) is 0 Å². The molecule has 0 aliphatic carbocycles. The Bertz CT molecular complexity index is 313. The fraction of sp³-hybridized carbons (Fsp3) is 0.571. The highest BCUT2D eigenvalue weighted by Crippen LogP contribution is 2.23. The standard InChI is InChI=1S/C14H22O/c1-10-9-11(2)13(4)14(12(10)3)7-5-6-8-15/h9,15H,5-8H2,1-4H3. The molecule has 0 unspecified atom stereocenters. The third-order valence-corrected chi connectivity index (χ3v) is 3.36. The lowest BCUT2D eigenvalue weighted by Gasteiger charge is -2.15. The van der Waals surface area contributed by atoms with Gasteiger partial charge in [-0.15, -0.1) is 0 Å². The van der Waals surface area contributed by atoms with Crippen molar-refractivity contribution in [2.24, 2.45) is 0 Å². The van der Waals surface area contributed by atoms with Gasteiger partial charge in [-0.3, -0.25) is 0 Å². The molecule has 0 fully saturated rings. The van der Waals surface area contributed by atoms with Gasteiger partial charge in [0.1, 0.15) is 0 Å². The quantitative estimate of drug-likeness (QED) is 0.750. The summed E-state index contributed by atoms with van der Waals surface area (Å²) in [5.41, 5.74) is 7.11. The summed E-state index contributed by atoms with van der Waals surface area (Å²) in [7, 11) is 0. The molecule has 1 N–H and O–H groups in total. The second-order valence-corrected chi connectivity index (χ2v) is 4.42. The van der Waals surface area contributed by atoms with E-state index >= 15 is 0 Å². The molecule has 0 aliphatic heterocycles. The number of rotatable bonds is 4. The first-order chi connectivity index (χ1) is 7.07. The number of aliphatic hydroxyl groups excluding tert-OH is 1. The van der Waals surface area contributed by atoms with E-state index in [1.165, 1.54) is 27.8 Å². The van der Waals surface area contributed by atoms with Crippen molar-refractivity contribution in [3.63, 3.8) is 0 Å². The third-order valence-electron chi connectivity index (χ3n) is 3.36. The van der Waals surface area contributed by atoms with Crippen LogP contribution < -0.4 is 0 Å². The Labute approximate surface area is 93.1 Å². The molecule has 1 heteroatoms. The monoisotopic (exact) mass is 206 g/mol. The topological polar surface area (TPSA) is 20.2 Å². The molecule has 0 radical (unpaired) electrons. The van der Waals surface area contributed by atoms with Gasteiger partial charge in [0.05, 0.1) is 0 Å². The highest BCUT2D eigenvalue weighted by atomic mass is 16.2. The van der Waals surface area contributed by atoms with Crippen LogP contribution in [0.2, 0.25) is 0 Å². The summed E-state index contributed by atoms with van der Waals surface area (Å²) in [5, 5.41) is 8.79. The van der Waals surface area contributed by atoms with E-state index in [1.54, 1.807) is 0 Å². The van der Waals surface area contributed by atoms with Gasteiger partial charge in [-0.1, -0.05) is 6.07 Å². The predicted octanol–water partition coefficient (Wildman–Crippen LogP) is 3.24. The first kappa shape index (κ1) is 12.3. The Morgan fingerprint density at radius 2 is 1.47 bits per heavy atom. The molecule has 15 heavy (non-hydrogen) atoms. The summed E-state index contributed by atoms with van der Waals surface area (Å²) in [5.74, 6) is 0. The minimum atomic E-state index is 0.308. The second-order valence-electron chi connectivity index (χ2n) is 4.42. The van der Waals surface area contributed by atoms with Crippen molar-refractivity contribution in [3.8, 4) is 0 Å². The van der Waals surface area contributed by atoms with Crippen molar-refractivity contribution in [1.82, 2.24) is 0 Å². The van der Waals surface area contributed by atoms with E-state index in [-0.39, 0.29) is 0 Å². The molecule has 1 rings (SSSR count). The van der Waals surface area contributed by atoms with Crippen LogP contribution in [-0.2, 0) is 6.42 Å². The predicted molar refractivity (Wildman–Crippen MR) is 65.4 cm³/mol. The van der Waals surface area contributed by atoms with Gasteiger partial charge in [0.15, 0.2) is 0 Å². The summed E-state index contributed by atoms with van der Waals surface area (Å²) in [4.78, 5) is 0. The molecule has 1 nitrogen and oxygen atoms in total. The largest absolute Gasteiger partial charge is 0.396 e. The Morgan fingerprint density at radius 3 is 1.93 bits per heavy atom. The number of benzene rings is 1. The van der Waals surface area contributed by atoms with Crippen LogP contribution in [-0.4, -0.2) is 11.7 Å². The van der Waals surface area contributed by atoms with Crippen molar-refractivity contribution in [2.75, 3.05) is 6.61 Å². The second kappa shape index (κ2) is 5.32. The Kier molecular flexibility index (Phi) is 4.34. The lowest BCUT2D eigenvalue weighted by molar-refractivity contribution is 0.284. The maximum Gasteiger partial charge on any atom is 0.0431 e. The number of hydrogen-bond acceptors (Lipinski definition) is 1. The molecule has 0 aliphatic rings. The highest BCUT2D eigenvalue weighted by Gasteiger charge is 2.07. The highest BCUT2D eigenvalue weighted by molar-refractivity contribution is 5.43. The van der Waals surface area contributed by atoms with Gasteiger partial charge in [0, 0.05) is 6.61 Å². The smallest absolute Gasteiger partial charge is 0.0431 e. The van der Waals surface area contributed by atoms with E-state index in [2.05, 4.69) is 33.8 Å². The molecular weight excluding hydrogens is 184 g/mol. The maximum absolute atomic E-state index is 8.79. The molecule has 1 aromatic carbocycles. The fourth-order valence-electron chi connectivity index (χ4n) is 2.09. The van der Waals surface area contributed by atoms with Crippen molar-refractivity contribution in [1.29, 1.82) is 0 Å². The van der Waals surface area contributed by atoms with Gasteiger partial charge in [0.2, 0.25) is 0 Å². The number of aryl methyl sites for hydroxylation is 2. The molecule has 1 aromatic rings. The van der Waals surface area contributed by atoms with E-state index in [0.29, 0.717) is 6.61 Å². The normalized spacial score (nSPS) is 10.7. The lowest BCUT2D eigenvalue weighted by Crippen LogP contribution is -2.00. The summed E-state index contributed by atoms with van der Waals surface area (Å²) in [6, 6.07) is 2.26. The fourth-order valence-corrected chi connectivity index (χ4v) is 2.09. The van der Waals surface area contributed by atoms with Gasteiger partial charge < -0.3 is 5.11 Å². The number of aliphatic hydroxyl groups is 1. The van der Waals surface area contributed by atoms with Crippen LogP contribution in [0.15, 0.2) is 6.07 Å². The molecule has 0 bridgehead atoms. The average Bonchev–Trinajstić information content (AvgIpc) is 2.20. The molecule has 0 aromatic heterocycles. The van der Waals surface area contributed by atoms with Crippen molar-refractivity contribution in [2.45, 2.75) is 47.0 Å². The Balaban J connectivity index is 2.94. The van der Waals surface area contributed by atoms with Crippen LogP contribution in [0.5, 0.6) is 0 Å². The summed E-state index contributed by atoms with van der Waals surface area (Å²) in [6.07, 6.45) is 3.09. The molecule has 0 saturated carbocycles. The summed E-state index contributed by atoms with van der Waals surface area (Å²) in [6.45, 7) is 9.07. The first-order valence-electron chi connectivity index (χ1n) is 5.75. The van der Waals surface area contributed by atoms with E-state index in [1.807, 2.05) is 0 Å². The molecule has 0 spiro atoms. The number of hydrogen-bond donors (Lipinski definition) is 1. The van der Waals surface area contributed by atoms with Crippen LogP contribution in [0.25, 0.3) is 0 Å². The molecular formula is C14H22O. The van der Waals surface area contributed by atoms with Gasteiger partial charge in [-0.25, -0.2) is 0 Å². The maximum atomic E-state index is 8.79. The SMILES string of the molecule is Cc1cc(C)c(C)c(CCCCO)c1C. The van der Waals surface area contributed by atoms with Gasteiger partial charge in [-0.2, -0.15) is 0 Å². The first-order valence-corrected chi connectivity index (χ1v) is 5.75. The van der Waals surface area contributed by atoms with E-state index < -0.39 is 0 Å². The number of unbranched alkanes of at least 4 members (excludes halogenated alkanes) is 1. The van der Waals surface area contributed by atoms with Gasteiger partial charge >= 0.3 is 0 Å². The molecule has 0 amide bonds. The zero-order valence-corrected chi connectivity index (χ0v) is 10.4. The van der Waals surface area contributed by atoms with Crippen LogP contribution in [0.1, 0.15) is 40.7 Å². The minimum absolute atomic E-state index is 0.308. The Hall–Kier alpha value is -0.820. The summed E-state index contributed by atoms with van der Waals surface area (Å²) < 4.78 is 0. The molecule has 0 heterocycles. The van der Waals surface area contributed by atoms with Crippen molar-refractivity contribution < 1.29 is 5.11 Å².